The fourth-order valence-corrected chi connectivity index (χ4v) is 5.43. The lowest BCUT2D eigenvalue weighted by molar-refractivity contribution is -0.140. The van der Waals surface area contributed by atoms with Crippen molar-refractivity contribution in [1.29, 1.82) is 0 Å². The number of nitrogens with zero attached hydrogens (tertiary/aromatic N) is 1. The van der Waals surface area contributed by atoms with E-state index in [-0.39, 0.29) is 23.8 Å². The SMILES string of the molecule is COc1ccccc1CN1C(=O)C(=O)/C(=C(/O)c2cc(C(C)C)c(OC)cc2C)C1c1c[nH]c2ccccc12. The Kier molecular flexibility index (Phi) is 6.91. The molecule has 7 nitrogen and oxygen atoms in total. The zero-order chi connectivity index (χ0) is 27.8. The van der Waals surface area contributed by atoms with Gasteiger partial charge in [0.15, 0.2) is 0 Å². The summed E-state index contributed by atoms with van der Waals surface area (Å²) in [6, 6.07) is 18.0. The number of aromatic nitrogens is 1. The lowest BCUT2D eigenvalue weighted by Crippen LogP contribution is -2.29. The first-order valence-electron chi connectivity index (χ1n) is 12.9. The first-order chi connectivity index (χ1) is 18.8. The number of H-pyrrole nitrogens is 1. The maximum Gasteiger partial charge on any atom is 0.295 e. The summed E-state index contributed by atoms with van der Waals surface area (Å²) >= 11 is 0. The number of ketones is 1. The van der Waals surface area contributed by atoms with Crippen LogP contribution in [0.15, 0.2) is 72.4 Å². The van der Waals surface area contributed by atoms with Crippen molar-refractivity contribution in [2.75, 3.05) is 14.2 Å². The van der Waals surface area contributed by atoms with Crippen molar-refractivity contribution < 1.29 is 24.2 Å². The minimum absolute atomic E-state index is 0.0580. The average molecular weight is 525 g/mol. The lowest BCUT2D eigenvalue weighted by Gasteiger charge is -2.26. The number of carbonyl (C=O) groups excluding carboxylic acids is 2. The largest absolute Gasteiger partial charge is 0.507 e. The molecule has 0 aliphatic carbocycles. The molecular formula is C32H32N2O5. The molecule has 5 rings (SSSR count). The van der Waals surface area contributed by atoms with Crippen molar-refractivity contribution in [2.24, 2.45) is 0 Å². The molecule has 7 heteroatoms. The topological polar surface area (TPSA) is 91.9 Å². The number of carbonyl (C=O) groups is 2. The zero-order valence-electron chi connectivity index (χ0n) is 22.7. The number of nitrogens with one attached hydrogen (secondary N) is 1. The molecule has 1 saturated heterocycles. The summed E-state index contributed by atoms with van der Waals surface area (Å²) in [6.07, 6.45) is 1.81. The number of aliphatic hydroxyl groups is 1. The number of hydrogen-bond acceptors (Lipinski definition) is 5. The van der Waals surface area contributed by atoms with Gasteiger partial charge in [0.2, 0.25) is 0 Å². The molecule has 3 aromatic carbocycles. The van der Waals surface area contributed by atoms with E-state index in [1.807, 2.05) is 87.6 Å². The maximum absolute atomic E-state index is 13.7. The summed E-state index contributed by atoms with van der Waals surface area (Å²) in [4.78, 5) is 32.1. The third-order valence-electron chi connectivity index (χ3n) is 7.44. The van der Waals surface area contributed by atoms with E-state index in [1.54, 1.807) is 14.2 Å². The fourth-order valence-electron chi connectivity index (χ4n) is 5.43. The minimum atomic E-state index is -0.810. The Bertz CT molecular complexity index is 1610. The third kappa shape index (κ3) is 4.44. The number of rotatable bonds is 7. The predicted molar refractivity (Wildman–Crippen MR) is 151 cm³/mol. The van der Waals surface area contributed by atoms with Crippen molar-refractivity contribution in [3.05, 3.63) is 100 Å². The molecule has 1 aromatic heterocycles. The number of aryl methyl sites for hydroxylation is 1. The van der Waals surface area contributed by atoms with Gasteiger partial charge in [-0.25, -0.2) is 0 Å². The van der Waals surface area contributed by atoms with E-state index >= 15 is 0 Å². The molecular weight excluding hydrogens is 492 g/mol. The van der Waals surface area contributed by atoms with Gasteiger partial charge in [-0.3, -0.25) is 9.59 Å². The fraction of sp³-hybridized carbons (Fsp3) is 0.250. The second kappa shape index (κ2) is 10.3. The predicted octanol–water partition coefficient (Wildman–Crippen LogP) is 6.24. The van der Waals surface area contributed by atoms with Crippen molar-refractivity contribution >= 4 is 28.4 Å². The number of benzene rings is 3. The molecule has 1 unspecified atom stereocenters. The van der Waals surface area contributed by atoms with E-state index in [0.29, 0.717) is 17.1 Å². The summed E-state index contributed by atoms with van der Waals surface area (Å²) in [5.41, 5.74) is 4.56. The molecule has 1 atom stereocenters. The number of aromatic amines is 1. The number of fused-ring (bicyclic) bond motifs is 1. The van der Waals surface area contributed by atoms with Crippen LogP contribution >= 0.6 is 0 Å². The van der Waals surface area contributed by atoms with Gasteiger partial charge in [-0.1, -0.05) is 50.2 Å². The van der Waals surface area contributed by atoms with Crippen LogP contribution in [-0.2, 0) is 16.1 Å². The van der Waals surface area contributed by atoms with E-state index in [4.69, 9.17) is 9.47 Å². The van der Waals surface area contributed by atoms with Crippen LogP contribution in [0.2, 0.25) is 0 Å². The molecule has 4 aromatic rings. The van der Waals surface area contributed by atoms with Crippen molar-refractivity contribution in [1.82, 2.24) is 9.88 Å². The molecule has 0 bridgehead atoms. The van der Waals surface area contributed by atoms with Gasteiger partial charge >= 0.3 is 0 Å². The number of methoxy groups -OCH3 is 2. The van der Waals surface area contributed by atoms with Crippen LogP contribution in [0, 0.1) is 6.92 Å². The Labute approximate surface area is 227 Å². The Morgan fingerprint density at radius 3 is 2.41 bits per heavy atom. The van der Waals surface area contributed by atoms with E-state index in [0.717, 1.165) is 33.2 Å². The summed E-state index contributed by atoms with van der Waals surface area (Å²) < 4.78 is 11.1. The Balaban J connectivity index is 1.74. The number of likely N-dealkylation sites (tertiary alicyclic amines) is 1. The maximum atomic E-state index is 13.7. The van der Waals surface area contributed by atoms with Gasteiger partial charge in [0.05, 0.1) is 32.4 Å². The average Bonchev–Trinajstić information content (AvgIpc) is 3.47. The first kappa shape index (κ1) is 26.1. The smallest absolute Gasteiger partial charge is 0.295 e. The normalized spacial score (nSPS) is 16.9. The monoisotopic (exact) mass is 524 g/mol. The number of hydrogen-bond donors (Lipinski definition) is 2. The molecule has 1 fully saturated rings. The highest BCUT2D eigenvalue weighted by Gasteiger charge is 2.47. The van der Waals surface area contributed by atoms with Gasteiger partial charge in [-0.15, -0.1) is 0 Å². The lowest BCUT2D eigenvalue weighted by atomic mass is 9.91. The van der Waals surface area contributed by atoms with Crippen LogP contribution in [0.4, 0.5) is 0 Å². The van der Waals surface area contributed by atoms with Crippen LogP contribution in [0.5, 0.6) is 11.5 Å². The molecule has 2 N–H and O–H groups in total. The second-order valence-corrected chi connectivity index (χ2v) is 10.1. The third-order valence-corrected chi connectivity index (χ3v) is 7.44. The summed E-state index contributed by atoms with van der Waals surface area (Å²) in [7, 11) is 3.18. The van der Waals surface area contributed by atoms with Gasteiger partial charge < -0.3 is 24.5 Å². The quantitative estimate of drug-likeness (QED) is 0.170. The van der Waals surface area contributed by atoms with Crippen LogP contribution in [-0.4, -0.2) is 40.9 Å². The highest BCUT2D eigenvalue weighted by Crippen LogP contribution is 2.44. The number of para-hydroxylation sites is 2. The highest BCUT2D eigenvalue weighted by molar-refractivity contribution is 6.46. The summed E-state index contributed by atoms with van der Waals surface area (Å²) in [5.74, 6) is -0.154. The van der Waals surface area contributed by atoms with Gasteiger partial charge in [-0.05, 0) is 48.2 Å². The molecule has 0 saturated carbocycles. The van der Waals surface area contributed by atoms with Crippen molar-refractivity contribution in [3.8, 4) is 11.5 Å². The van der Waals surface area contributed by atoms with E-state index in [9.17, 15) is 14.7 Å². The van der Waals surface area contributed by atoms with Crippen LogP contribution in [0.25, 0.3) is 16.7 Å². The van der Waals surface area contributed by atoms with Crippen LogP contribution in [0.3, 0.4) is 0 Å². The van der Waals surface area contributed by atoms with E-state index in [2.05, 4.69) is 4.98 Å². The minimum Gasteiger partial charge on any atom is -0.507 e. The molecule has 2 heterocycles. The van der Waals surface area contributed by atoms with Crippen molar-refractivity contribution in [2.45, 2.75) is 39.3 Å². The van der Waals surface area contributed by atoms with E-state index < -0.39 is 17.7 Å². The molecule has 1 aliphatic heterocycles. The molecule has 1 amide bonds. The molecule has 39 heavy (non-hydrogen) atoms. The zero-order valence-corrected chi connectivity index (χ0v) is 22.7. The second-order valence-electron chi connectivity index (χ2n) is 10.1. The first-order valence-corrected chi connectivity index (χ1v) is 12.9. The molecule has 0 radical (unpaired) electrons. The van der Waals surface area contributed by atoms with Gasteiger partial charge in [0.1, 0.15) is 17.3 Å². The summed E-state index contributed by atoms with van der Waals surface area (Å²) in [5, 5.41) is 12.7. The van der Waals surface area contributed by atoms with Crippen LogP contribution < -0.4 is 9.47 Å². The van der Waals surface area contributed by atoms with Crippen LogP contribution in [0.1, 0.15) is 53.6 Å². The number of amides is 1. The Hall–Kier alpha value is -4.52. The Morgan fingerprint density at radius 1 is 1.00 bits per heavy atom. The van der Waals surface area contributed by atoms with Gasteiger partial charge in [0.25, 0.3) is 11.7 Å². The number of Topliss-reactive ketones (excluding diaryl/α,β-unsaturated/α-hetero) is 1. The highest BCUT2D eigenvalue weighted by atomic mass is 16.5. The number of ether oxygens (including phenoxy) is 2. The van der Waals surface area contributed by atoms with Crippen molar-refractivity contribution in [3.63, 3.8) is 0 Å². The number of aliphatic hydroxyl groups excluding tert-OH is 1. The molecule has 200 valence electrons. The Morgan fingerprint density at radius 2 is 1.69 bits per heavy atom. The van der Waals surface area contributed by atoms with Gasteiger partial charge in [-0.2, -0.15) is 0 Å². The van der Waals surface area contributed by atoms with Gasteiger partial charge in [0, 0.05) is 33.8 Å². The molecule has 1 aliphatic rings. The standard InChI is InChI=1S/C32H32N2O5/c1-18(2)22-15-23(19(3)14-27(22)39-5)30(35)28-29(24-16-33-25-12-8-7-11-21(24)25)34(32(37)31(28)36)17-20-10-6-9-13-26(20)38-4/h6-16,18,29,33,35H,17H2,1-5H3/b30-28+. The van der Waals surface area contributed by atoms with E-state index in [1.165, 1.54) is 4.90 Å². The molecule has 0 spiro atoms. The summed E-state index contributed by atoms with van der Waals surface area (Å²) in [6.45, 7) is 6.06.